The van der Waals surface area contributed by atoms with Crippen LogP contribution in [0.4, 0.5) is 5.69 Å². The number of fused-ring (bicyclic) bond motifs is 1. The summed E-state index contributed by atoms with van der Waals surface area (Å²) in [6.07, 6.45) is 0. The van der Waals surface area contributed by atoms with Crippen LogP contribution in [0.15, 0.2) is 77.2 Å². The van der Waals surface area contributed by atoms with Gasteiger partial charge in [-0.15, -0.1) is 0 Å². The Morgan fingerprint density at radius 1 is 1.00 bits per heavy atom. The first-order valence-corrected chi connectivity index (χ1v) is 9.82. The molecule has 0 bridgehead atoms. The third-order valence-corrected chi connectivity index (χ3v) is 4.91. The summed E-state index contributed by atoms with van der Waals surface area (Å²) in [5.74, 6) is 0.133. The Bertz CT molecular complexity index is 1260. The number of rotatable bonds is 7. The van der Waals surface area contributed by atoms with E-state index in [0.717, 1.165) is 0 Å². The molecule has 1 aromatic heterocycles. The fourth-order valence-electron chi connectivity index (χ4n) is 3.11. The largest absolute Gasteiger partial charge is 0.497 e. The van der Waals surface area contributed by atoms with Crippen molar-refractivity contribution in [1.29, 1.82) is 0 Å². The summed E-state index contributed by atoms with van der Waals surface area (Å²) in [6, 6.07) is 20.7. The van der Waals surface area contributed by atoms with Gasteiger partial charge in [0, 0.05) is 10.9 Å². The zero-order chi connectivity index (χ0) is 21.8. The van der Waals surface area contributed by atoms with Crippen LogP contribution >= 0.6 is 11.6 Å². The van der Waals surface area contributed by atoms with Crippen molar-refractivity contribution in [3.63, 3.8) is 0 Å². The lowest BCUT2D eigenvalue weighted by atomic mass is 10.1. The third-order valence-electron chi connectivity index (χ3n) is 4.59. The molecule has 0 spiro atoms. The van der Waals surface area contributed by atoms with Gasteiger partial charge in [-0.25, -0.2) is 0 Å². The van der Waals surface area contributed by atoms with Crippen molar-refractivity contribution in [3.8, 4) is 11.5 Å². The van der Waals surface area contributed by atoms with E-state index in [1.165, 1.54) is 7.11 Å². The van der Waals surface area contributed by atoms with Gasteiger partial charge < -0.3 is 19.2 Å². The molecule has 0 aliphatic rings. The summed E-state index contributed by atoms with van der Waals surface area (Å²) in [4.78, 5) is 25.8. The zero-order valence-corrected chi connectivity index (χ0v) is 17.3. The van der Waals surface area contributed by atoms with Gasteiger partial charge in [0.2, 0.25) is 5.78 Å². The number of halogens is 1. The van der Waals surface area contributed by atoms with Gasteiger partial charge in [-0.1, -0.05) is 48.0 Å². The van der Waals surface area contributed by atoms with Crippen LogP contribution in [0.5, 0.6) is 11.5 Å². The number of hydrogen-bond donors (Lipinski definition) is 1. The first kappa shape index (κ1) is 20.5. The van der Waals surface area contributed by atoms with Crippen molar-refractivity contribution < 1.29 is 23.5 Å². The van der Waals surface area contributed by atoms with E-state index in [1.54, 1.807) is 72.8 Å². The van der Waals surface area contributed by atoms with E-state index >= 15 is 0 Å². The standard InChI is InChI=1S/C24H18ClNO5/c1-29-16-8-6-7-15(13-16)23(28)24-22(17-9-2-4-11-19(17)31-24)26-21(27)14-30-20-12-5-3-10-18(20)25/h2-13H,14H2,1H3,(H,26,27). The van der Waals surface area contributed by atoms with Crippen LogP contribution in [0.1, 0.15) is 16.1 Å². The predicted molar refractivity (Wildman–Crippen MR) is 118 cm³/mol. The fraction of sp³-hybridized carbons (Fsp3) is 0.0833. The molecular weight excluding hydrogens is 418 g/mol. The molecule has 0 unspecified atom stereocenters. The molecule has 0 atom stereocenters. The van der Waals surface area contributed by atoms with E-state index in [9.17, 15) is 9.59 Å². The summed E-state index contributed by atoms with van der Waals surface area (Å²) in [7, 11) is 1.52. The monoisotopic (exact) mass is 435 g/mol. The number of carbonyl (C=O) groups excluding carboxylic acids is 2. The van der Waals surface area contributed by atoms with E-state index in [2.05, 4.69) is 5.32 Å². The van der Waals surface area contributed by atoms with Crippen LogP contribution < -0.4 is 14.8 Å². The number of methoxy groups -OCH3 is 1. The number of para-hydroxylation sites is 2. The molecule has 31 heavy (non-hydrogen) atoms. The normalized spacial score (nSPS) is 10.6. The average molecular weight is 436 g/mol. The van der Waals surface area contributed by atoms with E-state index in [1.807, 2.05) is 0 Å². The van der Waals surface area contributed by atoms with Gasteiger partial charge in [0.05, 0.1) is 17.8 Å². The maximum Gasteiger partial charge on any atom is 0.262 e. The predicted octanol–water partition coefficient (Wildman–Crippen LogP) is 5.34. The van der Waals surface area contributed by atoms with Crippen LogP contribution in [0.3, 0.4) is 0 Å². The molecule has 0 aliphatic heterocycles. The number of furan rings is 1. The Balaban J connectivity index is 1.62. The minimum absolute atomic E-state index is 0.0283. The van der Waals surface area contributed by atoms with Gasteiger partial charge in [0.15, 0.2) is 12.4 Å². The number of hydrogen-bond acceptors (Lipinski definition) is 5. The molecule has 0 aliphatic carbocycles. The SMILES string of the molecule is COc1cccc(C(=O)c2oc3ccccc3c2NC(=O)COc2ccccc2Cl)c1. The van der Waals surface area contributed by atoms with Crippen LogP contribution in [0.2, 0.25) is 5.02 Å². The average Bonchev–Trinajstić information content (AvgIpc) is 3.16. The molecule has 0 radical (unpaired) electrons. The van der Waals surface area contributed by atoms with Crippen LogP contribution in [-0.2, 0) is 4.79 Å². The first-order valence-electron chi connectivity index (χ1n) is 9.44. The van der Waals surface area contributed by atoms with E-state index in [4.69, 9.17) is 25.5 Å². The number of ketones is 1. The second-order valence-electron chi connectivity index (χ2n) is 6.63. The second-order valence-corrected chi connectivity index (χ2v) is 7.04. The Morgan fingerprint density at radius 2 is 1.77 bits per heavy atom. The Hall–Kier alpha value is -3.77. The van der Waals surface area contributed by atoms with E-state index in [-0.39, 0.29) is 23.8 Å². The van der Waals surface area contributed by atoms with Gasteiger partial charge in [-0.2, -0.15) is 0 Å². The second kappa shape index (κ2) is 8.93. The first-order chi connectivity index (χ1) is 15.1. The Labute approximate surface area is 183 Å². The fourth-order valence-corrected chi connectivity index (χ4v) is 3.30. The molecule has 3 aromatic carbocycles. The maximum atomic E-state index is 13.2. The number of carbonyl (C=O) groups is 2. The van der Waals surface area contributed by atoms with Crippen LogP contribution in [0.25, 0.3) is 11.0 Å². The molecule has 0 saturated carbocycles. The highest BCUT2D eigenvalue weighted by molar-refractivity contribution is 6.32. The van der Waals surface area contributed by atoms with Crippen molar-refractivity contribution in [1.82, 2.24) is 0 Å². The highest BCUT2D eigenvalue weighted by Gasteiger charge is 2.24. The molecule has 156 valence electrons. The number of benzene rings is 3. The highest BCUT2D eigenvalue weighted by Crippen LogP contribution is 2.33. The molecule has 1 heterocycles. The number of nitrogens with one attached hydrogen (secondary N) is 1. The minimum Gasteiger partial charge on any atom is -0.497 e. The highest BCUT2D eigenvalue weighted by atomic mass is 35.5. The quantitative estimate of drug-likeness (QED) is 0.396. The van der Waals surface area contributed by atoms with Crippen molar-refractivity contribution in [3.05, 3.63) is 89.1 Å². The van der Waals surface area contributed by atoms with Crippen molar-refractivity contribution in [2.75, 3.05) is 19.0 Å². The Kier molecular flexibility index (Phi) is 5.91. The molecule has 4 rings (SSSR count). The van der Waals surface area contributed by atoms with Gasteiger partial charge in [0.1, 0.15) is 17.1 Å². The van der Waals surface area contributed by atoms with Gasteiger partial charge in [-0.3, -0.25) is 9.59 Å². The maximum absolute atomic E-state index is 13.2. The van der Waals surface area contributed by atoms with E-state index in [0.29, 0.717) is 33.1 Å². The van der Waals surface area contributed by atoms with Crippen molar-refractivity contribution >= 4 is 39.9 Å². The van der Waals surface area contributed by atoms with Crippen molar-refractivity contribution in [2.45, 2.75) is 0 Å². The summed E-state index contributed by atoms with van der Waals surface area (Å²) in [6.45, 7) is -0.282. The summed E-state index contributed by atoms with van der Waals surface area (Å²) in [5.41, 5.74) is 1.15. The van der Waals surface area contributed by atoms with Crippen molar-refractivity contribution in [2.24, 2.45) is 0 Å². The minimum atomic E-state index is -0.453. The lowest BCUT2D eigenvalue weighted by Gasteiger charge is -2.09. The molecule has 7 heteroatoms. The molecule has 1 amide bonds. The van der Waals surface area contributed by atoms with Crippen LogP contribution in [0, 0.1) is 0 Å². The Morgan fingerprint density at radius 3 is 2.58 bits per heavy atom. The number of anilines is 1. The number of ether oxygens (including phenoxy) is 2. The zero-order valence-electron chi connectivity index (χ0n) is 16.6. The molecular formula is C24H18ClNO5. The van der Waals surface area contributed by atoms with Gasteiger partial charge in [-0.05, 0) is 36.4 Å². The van der Waals surface area contributed by atoms with Gasteiger partial charge in [0.25, 0.3) is 5.91 Å². The summed E-state index contributed by atoms with van der Waals surface area (Å²) < 4.78 is 16.5. The lowest BCUT2D eigenvalue weighted by molar-refractivity contribution is -0.118. The smallest absolute Gasteiger partial charge is 0.262 e. The van der Waals surface area contributed by atoms with Gasteiger partial charge >= 0.3 is 0 Å². The molecule has 6 nitrogen and oxygen atoms in total. The summed E-state index contributed by atoms with van der Waals surface area (Å²) in [5, 5.41) is 3.76. The molecule has 0 fully saturated rings. The molecule has 0 saturated heterocycles. The molecule has 4 aromatic rings. The van der Waals surface area contributed by atoms with E-state index < -0.39 is 5.91 Å². The number of amides is 1. The lowest BCUT2D eigenvalue weighted by Crippen LogP contribution is -2.21. The molecule has 1 N–H and O–H groups in total. The topological polar surface area (TPSA) is 77.8 Å². The summed E-state index contributed by atoms with van der Waals surface area (Å²) >= 11 is 6.06. The van der Waals surface area contributed by atoms with Crippen LogP contribution in [-0.4, -0.2) is 25.4 Å². The third kappa shape index (κ3) is 4.39.